The average Bonchev–Trinajstić information content (AvgIpc) is 2.10. The molecule has 0 amide bonds. The summed E-state index contributed by atoms with van der Waals surface area (Å²) in [5, 5.41) is 9.63. The van der Waals surface area contributed by atoms with Gasteiger partial charge in [-0.15, -0.1) is 0 Å². The van der Waals surface area contributed by atoms with Crippen molar-refractivity contribution in [3.8, 4) is 11.5 Å². The van der Waals surface area contributed by atoms with E-state index in [1.165, 1.54) is 7.11 Å². The highest BCUT2D eigenvalue weighted by Gasteiger charge is 2.17. The first-order valence-electron chi connectivity index (χ1n) is 4.30. The van der Waals surface area contributed by atoms with E-state index >= 15 is 0 Å². The van der Waals surface area contributed by atoms with Crippen LogP contribution >= 0.6 is 15.9 Å². The molecule has 0 aromatic heterocycles. The highest BCUT2D eigenvalue weighted by atomic mass is 79.9. The maximum atomic E-state index is 9.63. The van der Waals surface area contributed by atoms with Gasteiger partial charge in [0.05, 0.1) is 7.11 Å². The van der Waals surface area contributed by atoms with E-state index in [0.29, 0.717) is 5.75 Å². The lowest BCUT2D eigenvalue weighted by molar-refractivity contribution is 0.366. The molecule has 0 radical (unpaired) electrons. The van der Waals surface area contributed by atoms with Crippen molar-refractivity contribution in [2.45, 2.75) is 19.9 Å². The summed E-state index contributed by atoms with van der Waals surface area (Å²) in [4.78, 5) is 0. The minimum Gasteiger partial charge on any atom is -0.504 e. The Balaban J connectivity index is 3.48. The second-order valence-corrected chi connectivity index (χ2v) is 4.09. The van der Waals surface area contributed by atoms with Crippen LogP contribution in [-0.4, -0.2) is 12.2 Å². The Morgan fingerprint density at radius 1 is 1.57 bits per heavy atom. The number of ether oxygens (including phenoxy) is 1. The molecule has 1 unspecified atom stereocenters. The molecule has 0 aliphatic carbocycles. The molecule has 3 nitrogen and oxygen atoms in total. The number of rotatable bonds is 2. The van der Waals surface area contributed by atoms with Gasteiger partial charge in [-0.3, -0.25) is 0 Å². The molecule has 0 aliphatic rings. The van der Waals surface area contributed by atoms with E-state index in [1.807, 2.05) is 13.8 Å². The number of halogens is 1. The number of aromatic hydroxyl groups is 1. The van der Waals surface area contributed by atoms with Gasteiger partial charge in [0, 0.05) is 16.1 Å². The smallest absolute Gasteiger partial charge is 0.165 e. The number of phenolic OH excluding ortho intramolecular Hbond substituents is 1. The zero-order chi connectivity index (χ0) is 10.9. The van der Waals surface area contributed by atoms with Crippen LogP contribution in [0.2, 0.25) is 0 Å². The normalized spacial score (nSPS) is 12.6. The molecule has 0 fully saturated rings. The minimum atomic E-state index is -0.173. The summed E-state index contributed by atoms with van der Waals surface area (Å²) < 4.78 is 5.96. The highest BCUT2D eigenvalue weighted by molar-refractivity contribution is 9.10. The van der Waals surface area contributed by atoms with E-state index in [-0.39, 0.29) is 11.8 Å². The summed E-state index contributed by atoms with van der Waals surface area (Å²) in [7, 11) is 1.52. The summed E-state index contributed by atoms with van der Waals surface area (Å²) in [6, 6.07) is 1.44. The third-order valence-corrected chi connectivity index (χ3v) is 2.99. The fraction of sp³-hybridized carbons (Fsp3) is 0.400. The predicted molar refractivity (Wildman–Crippen MR) is 59.7 cm³/mol. The van der Waals surface area contributed by atoms with Crippen molar-refractivity contribution >= 4 is 15.9 Å². The van der Waals surface area contributed by atoms with E-state index in [9.17, 15) is 5.11 Å². The molecular formula is C10H14BrNO2. The molecular weight excluding hydrogens is 246 g/mol. The Bertz CT molecular complexity index is 350. The zero-order valence-electron chi connectivity index (χ0n) is 8.47. The Labute approximate surface area is 92.0 Å². The zero-order valence-corrected chi connectivity index (χ0v) is 10.1. The SMILES string of the molecule is COc1c(O)cc(Br)c(C)c1C(C)N. The maximum absolute atomic E-state index is 9.63. The predicted octanol–water partition coefficient (Wildman–Crippen LogP) is 2.49. The van der Waals surface area contributed by atoms with Crippen molar-refractivity contribution in [2.75, 3.05) is 7.11 Å². The molecule has 1 aromatic carbocycles. The molecule has 0 aliphatic heterocycles. The van der Waals surface area contributed by atoms with Crippen LogP contribution in [0, 0.1) is 6.92 Å². The van der Waals surface area contributed by atoms with Crippen molar-refractivity contribution in [3.63, 3.8) is 0 Å². The van der Waals surface area contributed by atoms with Crippen LogP contribution in [0.1, 0.15) is 24.1 Å². The number of hydrogen-bond donors (Lipinski definition) is 2. The van der Waals surface area contributed by atoms with Gasteiger partial charge in [-0.05, 0) is 25.5 Å². The fourth-order valence-electron chi connectivity index (χ4n) is 1.49. The van der Waals surface area contributed by atoms with Gasteiger partial charge < -0.3 is 15.6 Å². The molecule has 0 spiro atoms. The topological polar surface area (TPSA) is 55.5 Å². The van der Waals surface area contributed by atoms with Gasteiger partial charge in [-0.1, -0.05) is 15.9 Å². The molecule has 78 valence electrons. The first-order chi connectivity index (χ1) is 6.49. The van der Waals surface area contributed by atoms with Gasteiger partial charge in [-0.25, -0.2) is 0 Å². The van der Waals surface area contributed by atoms with Crippen LogP contribution in [0.4, 0.5) is 0 Å². The first kappa shape index (κ1) is 11.3. The van der Waals surface area contributed by atoms with Crippen molar-refractivity contribution in [1.82, 2.24) is 0 Å². The molecule has 0 saturated carbocycles. The van der Waals surface area contributed by atoms with Gasteiger partial charge in [0.15, 0.2) is 11.5 Å². The third-order valence-electron chi connectivity index (χ3n) is 2.16. The first-order valence-corrected chi connectivity index (χ1v) is 5.09. The Morgan fingerprint density at radius 2 is 2.14 bits per heavy atom. The molecule has 0 saturated heterocycles. The van der Waals surface area contributed by atoms with Gasteiger partial charge in [0.1, 0.15) is 0 Å². The van der Waals surface area contributed by atoms with E-state index in [2.05, 4.69) is 15.9 Å². The molecule has 14 heavy (non-hydrogen) atoms. The third kappa shape index (κ3) is 1.86. The van der Waals surface area contributed by atoms with Gasteiger partial charge in [0.25, 0.3) is 0 Å². The van der Waals surface area contributed by atoms with Crippen molar-refractivity contribution in [1.29, 1.82) is 0 Å². The largest absolute Gasteiger partial charge is 0.504 e. The molecule has 1 rings (SSSR count). The molecule has 1 atom stereocenters. The number of nitrogens with two attached hydrogens (primary N) is 1. The second-order valence-electron chi connectivity index (χ2n) is 3.24. The van der Waals surface area contributed by atoms with Crippen LogP contribution in [-0.2, 0) is 0 Å². The summed E-state index contributed by atoms with van der Waals surface area (Å²) in [5.74, 6) is 0.568. The Kier molecular flexibility index (Phi) is 3.39. The van der Waals surface area contributed by atoms with Crippen LogP contribution in [0.5, 0.6) is 11.5 Å². The lowest BCUT2D eigenvalue weighted by Gasteiger charge is -2.17. The summed E-state index contributed by atoms with van der Waals surface area (Å²) in [6.45, 7) is 3.79. The van der Waals surface area contributed by atoms with Crippen LogP contribution in [0.25, 0.3) is 0 Å². The summed E-state index contributed by atoms with van der Waals surface area (Å²) in [6.07, 6.45) is 0. The van der Waals surface area contributed by atoms with Gasteiger partial charge in [-0.2, -0.15) is 0 Å². The quantitative estimate of drug-likeness (QED) is 0.858. The monoisotopic (exact) mass is 259 g/mol. The lowest BCUT2D eigenvalue weighted by Crippen LogP contribution is -2.09. The van der Waals surface area contributed by atoms with E-state index < -0.39 is 0 Å². The molecule has 3 N–H and O–H groups in total. The summed E-state index contributed by atoms with van der Waals surface area (Å²) >= 11 is 3.36. The van der Waals surface area contributed by atoms with Gasteiger partial charge in [0.2, 0.25) is 0 Å². The Morgan fingerprint density at radius 3 is 2.57 bits per heavy atom. The second kappa shape index (κ2) is 4.19. The van der Waals surface area contributed by atoms with Crippen molar-refractivity contribution in [2.24, 2.45) is 5.73 Å². The van der Waals surface area contributed by atoms with Crippen LogP contribution in [0.15, 0.2) is 10.5 Å². The van der Waals surface area contributed by atoms with Crippen molar-refractivity contribution < 1.29 is 9.84 Å². The standard InChI is InChI=1S/C10H14BrNO2/c1-5-7(11)4-8(13)10(14-3)9(5)6(2)12/h4,6,13H,12H2,1-3H3. The molecule has 0 heterocycles. The summed E-state index contributed by atoms with van der Waals surface area (Å²) in [5.41, 5.74) is 7.64. The average molecular weight is 260 g/mol. The number of hydrogen-bond acceptors (Lipinski definition) is 3. The van der Waals surface area contributed by atoms with E-state index in [4.69, 9.17) is 10.5 Å². The Hall–Kier alpha value is -0.740. The van der Waals surface area contributed by atoms with E-state index in [1.54, 1.807) is 6.07 Å². The van der Waals surface area contributed by atoms with Crippen molar-refractivity contribution in [3.05, 3.63) is 21.7 Å². The number of phenols is 1. The number of benzene rings is 1. The van der Waals surface area contributed by atoms with Crippen LogP contribution < -0.4 is 10.5 Å². The van der Waals surface area contributed by atoms with E-state index in [0.717, 1.165) is 15.6 Å². The number of methoxy groups -OCH3 is 1. The van der Waals surface area contributed by atoms with Crippen LogP contribution in [0.3, 0.4) is 0 Å². The highest BCUT2D eigenvalue weighted by Crippen LogP contribution is 2.39. The molecule has 1 aromatic rings. The molecule has 0 bridgehead atoms. The maximum Gasteiger partial charge on any atom is 0.165 e. The molecule has 4 heteroatoms. The lowest BCUT2D eigenvalue weighted by atomic mass is 10.0. The fourth-order valence-corrected chi connectivity index (χ4v) is 1.92. The van der Waals surface area contributed by atoms with Gasteiger partial charge >= 0.3 is 0 Å². The minimum absolute atomic E-state index is 0.109.